The molecule has 0 spiro atoms. The smallest absolute Gasteiger partial charge is 0.306 e. The van der Waals surface area contributed by atoms with Crippen molar-refractivity contribution in [2.24, 2.45) is 0 Å². The van der Waals surface area contributed by atoms with Crippen LogP contribution in [0.2, 0.25) is 0 Å². The van der Waals surface area contributed by atoms with Gasteiger partial charge in [-0.1, -0.05) is 289 Å². The lowest BCUT2D eigenvalue weighted by Crippen LogP contribution is -2.37. The van der Waals surface area contributed by atoms with E-state index in [2.05, 4.69) is 148 Å². The van der Waals surface area contributed by atoms with Gasteiger partial charge >= 0.3 is 11.9 Å². The fraction of sp³-hybridized carbons (Fsp3) is 0.684. The summed E-state index contributed by atoms with van der Waals surface area (Å²) in [4.78, 5) is 38.1. The predicted molar refractivity (Wildman–Crippen MR) is 369 cm³/mol. The number of rotatable bonds is 63. The van der Waals surface area contributed by atoms with E-state index in [0.29, 0.717) is 17.4 Å². The van der Waals surface area contributed by atoms with E-state index in [1.807, 2.05) is 21.1 Å². The van der Waals surface area contributed by atoms with E-state index in [9.17, 15) is 19.0 Å². The van der Waals surface area contributed by atoms with Gasteiger partial charge < -0.3 is 27.9 Å². The zero-order valence-corrected chi connectivity index (χ0v) is 56.9. The number of quaternary nitrogens is 1. The van der Waals surface area contributed by atoms with Crippen LogP contribution in [0.1, 0.15) is 284 Å². The van der Waals surface area contributed by atoms with Crippen LogP contribution in [0.4, 0.5) is 0 Å². The number of esters is 2. The molecule has 0 bridgehead atoms. The van der Waals surface area contributed by atoms with Crippen LogP contribution in [0.5, 0.6) is 0 Å². The van der Waals surface area contributed by atoms with Crippen LogP contribution >= 0.6 is 7.82 Å². The molecule has 0 aliphatic heterocycles. The maximum Gasteiger partial charge on any atom is 0.306 e. The third-order valence-corrected chi connectivity index (χ3v) is 15.6. The lowest BCUT2D eigenvalue weighted by atomic mass is 10.0. The van der Waals surface area contributed by atoms with Gasteiger partial charge in [0.05, 0.1) is 27.7 Å². The number of unbranched alkanes of at least 4 members (excludes halogenated alkanes) is 27. The number of nitrogens with zero attached hydrogens (tertiary/aromatic N) is 1. The van der Waals surface area contributed by atoms with Crippen molar-refractivity contribution in [3.63, 3.8) is 0 Å². The predicted octanol–water partition coefficient (Wildman–Crippen LogP) is 22.2. The second kappa shape index (κ2) is 65.6. The summed E-state index contributed by atoms with van der Waals surface area (Å²) in [5.74, 6) is -0.845. The first-order chi connectivity index (χ1) is 42.0. The molecule has 0 aromatic carbocycles. The summed E-state index contributed by atoms with van der Waals surface area (Å²) in [6, 6.07) is 0. The Kier molecular flexibility index (Phi) is 62.7. The first-order valence-electron chi connectivity index (χ1n) is 34.9. The van der Waals surface area contributed by atoms with Crippen molar-refractivity contribution in [2.45, 2.75) is 290 Å². The zero-order valence-electron chi connectivity index (χ0n) is 56.0. The minimum absolute atomic E-state index is 0.0388. The van der Waals surface area contributed by atoms with E-state index in [1.165, 1.54) is 141 Å². The lowest BCUT2D eigenvalue weighted by molar-refractivity contribution is -0.870. The highest BCUT2D eigenvalue weighted by molar-refractivity contribution is 7.45. The highest BCUT2D eigenvalue weighted by Crippen LogP contribution is 2.38. The van der Waals surface area contributed by atoms with Crippen LogP contribution in [-0.2, 0) is 32.7 Å². The summed E-state index contributed by atoms with van der Waals surface area (Å²) in [6.45, 7) is 4.11. The van der Waals surface area contributed by atoms with Gasteiger partial charge in [0.25, 0.3) is 7.82 Å². The number of ether oxygens (including phenoxy) is 2. The van der Waals surface area contributed by atoms with Gasteiger partial charge in [-0.3, -0.25) is 14.2 Å². The number of hydrogen-bond donors (Lipinski definition) is 0. The Morgan fingerprint density at radius 1 is 0.372 bits per heavy atom. The Labute approximate surface area is 530 Å². The first kappa shape index (κ1) is 82.1. The van der Waals surface area contributed by atoms with E-state index in [1.54, 1.807) is 0 Å². The zero-order chi connectivity index (χ0) is 62.6. The number of likely N-dealkylation sites (N-methyl/N-ethyl adjacent to an activating group) is 1. The summed E-state index contributed by atoms with van der Waals surface area (Å²) < 4.78 is 34.3. The average molecular weight is 1220 g/mol. The first-order valence-corrected chi connectivity index (χ1v) is 36.4. The molecule has 2 atom stereocenters. The van der Waals surface area contributed by atoms with Gasteiger partial charge in [-0.2, -0.15) is 0 Å². The summed E-state index contributed by atoms with van der Waals surface area (Å²) in [5, 5.41) is 0. The fourth-order valence-corrected chi connectivity index (χ4v) is 10.1. The monoisotopic (exact) mass is 1220 g/mol. The average Bonchev–Trinajstić information content (AvgIpc) is 3.70. The minimum Gasteiger partial charge on any atom is -0.756 e. The van der Waals surface area contributed by atoms with E-state index in [0.717, 1.165) is 109 Å². The molecule has 0 amide bonds. The molecule has 0 aliphatic carbocycles. The Morgan fingerprint density at radius 3 is 0.988 bits per heavy atom. The van der Waals surface area contributed by atoms with Crippen molar-refractivity contribution in [1.29, 1.82) is 0 Å². The number of phosphoric acid groups is 1. The summed E-state index contributed by atoms with van der Waals surface area (Å²) in [7, 11) is 1.15. The van der Waals surface area contributed by atoms with E-state index in [-0.39, 0.29) is 32.0 Å². The summed E-state index contributed by atoms with van der Waals surface area (Å²) in [6.07, 6.45) is 95.2. The molecule has 492 valence electrons. The van der Waals surface area contributed by atoms with Gasteiger partial charge in [0.15, 0.2) is 6.10 Å². The summed E-state index contributed by atoms with van der Waals surface area (Å²) in [5.41, 5.74) is 0. The summed E-state index contributed by atoms with van der Waals surface area (Å²) >= 11 is 0. The van der Waals surface area contributed by atoms with Crippen molar-refractivity contribution in [3.05, 3.63) is 134 Å². The Balaban J connectivity index is 4.13. The van der Waals surface area contributed by atoms with Gasteiger partial charge in [-0.15, -0.1) is 0 Å². The van der Waals surface area contributed by atoms with E-state index in [4.69, 9.17) is 18.5 Å². The molecule has 0 aliphatic rings. The highest BCUT2D eigenvalue weighted by atomic mass is 31.2. The van der Waals surface area contributed by atoms with Crippen molar-refractivity contribution in [1.82, 2.24) is 0 Å². The molecule has 9 nitrogen and oxygen atoms in total. The SMILES string of the molecule is CC/C=C\C/C=C\C/C=C\C/C=C\C/C=C\C/C=C\C/C=C\C/C=C\CCCCCCCCCCC(=O)OC(COC(=O)CCCCCCCCCCCCCCCC/C=C\C/C=C\C/C=C\CCCCCCC)COP(=O)([O-])OCC[N+](C)(C)C. The third kappa shape index (κ3) is 69.3. The number of hydrogen-bond acceptors (Lipinski definition) is 8. The van der Waals surface area contributed by atoms with Gasteiger partial charge in [-0.05, 0) is 116 Å². The molecular weight excluding hydrogens is 1090 g/mol. The van der Waals surface area contributed by atoms with Gasteiger partial charge in [0, 0.05) is 12.8 Å². The fourth-order valence-electron chi connectivity index (χ4n) is 9.33. The molecule has 0 N–H and O–H groups in total. The molecule has 86 heavy (non-hydrogen) atoms. The quantitative estimate of drug-likeness (QED) is 0.0195. The van der Waals surface area contributed by atoms with Crippen molar-refractivity contribution in [3.8, 4) is 0 Å². The number of allylic oxidation sites excluding steroid dienone is 22. The lowest BCUT2D eigenvalue weighted by Gasteiger charge is -2.28. The van der Waals surface area contributed by atoms with E-state index < -0.39 is 26.5 Å². The van der Waals surface area contributed by atoms with Gasteiger partial charge in [0.2, 0.25) is 0 Å². The molecule has 0 rings (SSSR count). The van der Waals surface area contributed by atoms with Crippen molar-refractivity contribution < 1.29 is 42.1 Å². The van der Waals surface area contributed by atoms with Crippen molar-refractivity contribution >= 4 is 19.8 Å². The molecule has 0 heterocycles. The number of carbonyl (C=O) groups is 2. The molecule has 0 saturated heterocycles. The van der Waals surface area contributed by atoms with Crippen LogP contribution in [-0.4, -0.2) is 70.0 Å². The second-order valence-electron chi connectivity index (χ2n) is 24.2. The Morgan fingerprint density at radius 2 is 0.663 bits per heavy atom. The van der Waals surface area contributed by atoms with Gasteiger partial charge in [-0.25, -0.2) is 0 Å². The van der Waals surface area contributed by atoms with Crippen LogP contribution in [0, 0.1) is 0 Å². The van der Waals surface area contributed by atoms with Crippen LogP contribution in [0.3, 0.4) is 0 Å². The third-order valence-electron chi connectivity index (χ3n) is 14.7. The number of carbonyl (C=O) groups excluding carboxylic acids is 2. The maximum absolute atomic E-state index is 12.9. The standard InChI is InChI=1S/C76H130NO8P/c1-6-8-10-12-14-16-18-20-22-24-26-28-30-32-34-36-37-38-39-41-43-45-47-49-51-53-55-57-59-61-63-65-67-69-76(79)85-74(73-84-86(80,81)83-71-70-77(3,4)5)72-82-75(78)68-66-64-62-60-58-56-54-52-50-48-46-44-42-40-35-33-31-29-27-25-23-21-19-17-15-13-11-9-7-2/h8,10,14,16,19-22,25-28,31-34,37-38,41,43,47,49,74H,6-7,9,11-13,15,17-18,23-24,29-30,35-36,39-40,42,44-46,48,50-73H2,1-5H3/b10-8-,16-14-,21-19-,22-20-,27-25-,28-26-,33-31-,34-32-,38-37-,43-41-,49-47-. The topological polar surface area (TPSA) is 111 Å². The molecule has 0 aromatic rings. The van der Waals surface area contributed by atoms with Crippen molar-refractivity contribution in [2.75, 3.05) is 47.5 Å². The van der Waals surface area contributed by atoms with Crippen LogP contribution in [0.15, 0.2) is 134 Å². The van der Waals surface area contributed by atoms with Crippen LogP contribution in [0.25, 0.3) is 0 Å². The molecular formula is C76H130NO8P. The number of phosphoric ester groups is 1. The minimum atomic E-state index is -4.65. The Hall–Kier alpha value is -3.85. The second-order valence-corrected chi connectivity index (χ2v) is 25.6. The molecule has 0 fully saturated rings. The largest absolute Gasteiger partial charge is 0.756 e. The Bertz CT molecular complexity index is 1910. The van der Waals surface area contributed by atoms with E-state index >= 15 is 0 Å². The van der Waals surface area contributed by atoms with Crippen LogP contribution < -0.4 is 4.89 Å². The molecule has 0 saturated carbocycles. The molecule has 10 heteroatoms. The van der Waals surface area contributed by atoms with Gasteiger partial charge in [0.1, 0.15) is 19.8 Å². The molecule has 2 unspecified atom stereocenters. The normalized spacial score (nSPS) is 14.0. The highest BCUT2D eigenvalue weighted by Gasteiger charge is 2.22. The molecule has 0 aromatic heterocycles. The molecule has 0 radical (unpaired) electrons. The maximum atomic E-state index is 12.9.